The number of halogens is 1. The number of benzene rings is 1. The first-order chi connectivity index (χ1) is 7.59. The summed E-state index contributed by atoms with van der Waals surface area (Å²) in [7, 11) is 0. The molecule has 82 valence electrons. The van der Waals surface area contributed by atoms with Crippen LogP contribution in [0.4, 0.5) is 4.39 Å². The van der Waals surface area contributed by atoms with E-state index in [-0.39, 0.29) is 17.2 Å². The molecule has 1 aromatic carbocycles. The van der Waals surface area contributed by atoms with Crippen molar-refractivity contribution in [1.82, 2.24) is 15.4 Å². The molecular weight excluding hydrogens is 211 g/mol. The Morgan fingerprint density at radius 1 is 1.44 bits per heavy atom. The highest BCUT2D eigenvalue weighted by molar-refractivity contribution is 5.96. The van der Waals surface area contributed by atoms with Gasteiger partial charge in [0.15, 0.2) is 5.69 Å². The molecule has 1 heterocycles. The lowest BCUT2D eigenvalue weighted by atomic mass is 10.1. The fraction of sp³-hybridized carbons (Fsp3) is 0.100. The summed E-state index contributed by atoms with van der Waals surface area (Å²) in [4.78, 5) is 11.0. The molecule has 3 N–H and O–H groups in total. The number of hydrogen-bond acceptors (Lipinski definition) is 3. The van der Waals surface area contributed by atoms with Crippen LogP contribution in [0, 0.1) is 12.7 Å². The second-order valence-electron chi connectivity index (χ2n) is 3.35. The minimum Gasteiger partial charge on any atom is -0.364 e. The number of aromatic amines is 1. The summed E-state index contributed by atoms with van der Waals surface area (Å²) in [6, 6.07) is 4.55. The molecule has 0 bridgehead atoms. The number of nitrogens with zero attached hydrogens (tertiary/aromatic N) is 2. The summed E-state index contributed by atoms with van der Waals surface area (Å²) in [5, 5.41) is 9.67. The summed E-state index contributed by atoms with van der Waals surface area (Å²) >= 11 is 0. The number of nitrogens with two attached hydrogens (primary N) is 1. The maximum atomic E-state index is 13.3. The fourth-order valence-electron chi connectivity index (χ4n) is 1.34. The van der Waals surface area contributed by atoms with Crippen molar-refractivity contribution in [2.24, 2.45) is 5.73 Å². The topological polar surface area (TPSA) is 84.7 Å². The first-order valence-corrected chi connectivity index (χ1v) is 4.56. The third-order valence-electron chi connectivity index (χ3n) is 2.23. The van der Waals surface area contributed by atoms with Crippen molar-refractivity contribution in [3.8, 4) is 11.3 Å². The van der Waals surface area contributed by atoms with Crippen LogP contribution < -0.4 is 5.73 Å². The quantitative estimate of drug-likeness (QED) is 0.792. The third-order valence-corrected chi connectivity index (χ3v) is 2.23. The highest BCUT2D eigenvalue weighted by Crippen LogP contribution is 2.21. The standard InChI is InChI=1S/C10H9FN4O/c1-5-2-3-6(4-7(5)11)8-9(10(12)16)14-15-13-8/h2-4H,1H3,(H2,12,16)(H,13,14,15). The molecule has 2 aromatic rings. The van der Waals surface area contributed by atoms with Gasteiger partial charge in [0, 0.05) is 5.56 Å². The molecule has 0 atom stereocenters. The summed E-state index contributed by atoms with van der Waals surface area (Å²) in [6.07, 6.45) is 0. The number of aromatic nitrogens is 3. The SMILES string of the molecule is Cc1ccc(-c2n[nH]nc2C(N)=O)cc1F. The monoisotopic (exact) mass is 220 g/mol. The van der Waals surface area contributed by atoms with Crippen LogP contribution in [0.3, 0.4) is 0 Å². The Kier molecular flexibility index (Phi) is 2.40. The molecule has 0 aliphatic rings. The van der Waals surface area contributed by atoms with Crippen LogP contribution in [-0.4, -0.2) is 21.3 Å². The normalized spacial score (nSPS) is 10.4. The largest absolute Gasteiger partial charge is 0.364 e. The Hall–Kier alpha value is -2.24. The van der Waals surface area contributed by atoms with Gasteiger partial charge < -0.3 is 5.73 Å². The van der Waals surface area contributed by atoms with Gasteiger partial charge in [0.25, 0.3) is 5.91 Å². The maximum absolute atomic E-state index is 13.3. The lowest BCUT2D eigenvalue weighted by Gasteiger charge is -2.00. The lowest BCUT2D eigenvalue weighted by molar-refractivity contribution is 0.0996. The minimum atomic E-state index is -0.704. The molecule has 16 heavy (non-hydrogen) atoms. The maximum Gasteiger partial charge on any atom is 0.271 e. The molecule has 5 nitrogen and oxygen atoms in total. The summed E-state index contributed by atoms with van der Waals surface area (Å²) < 4.78 is 13.3. The van der Waals surface area contributed by atoms with E-state index in [0.29, 0.717) is 11.1 Å². The van der Waals surface area contributed by atoms with Crippen LogP contribution in [-0.2, 0) is 0 Å². The van der Waals surface area contributed by atoms with E-state index in [4.69, 9.17) is 5.73 Å². The number of rotatable bonds is 2. The van der Waals surface area contributed by atoms with Crippen LogP contribution in [0.1, 0.15) is 16.1 Å². The van der Waals surface area contributed by atoms with Crippen LogP contribution in [0.5, 0.6) is 0 Å². The highest BCUT2D eigenvalue weighted by Gasteiger charge is 2.15. The van der Waals surface area contributed by atoms with Crippen LogP contribution in [0.15, 0.2) is 18.2 Å². The summed E-state index contributed by atoms with van der Waals surface area (Å²) in [5.74, 6) is -1.07. The van der Waals surface area contributed by atoms with Gasteiger partial charge in [0.1, 0.15) is 11.5 Å². The molecule has 0 unspecified atom stereocenters. The zero-order chi connectivity index (χ0) is 11.7. The number of nitrogens with one attached hydrogen (secondary N) is 1. The molecule has 0 aliphatic heterocycles. The molecule has 0 aliphatic carbocycles. The van der Waals surface area contributed by atoms with Crippen molar-refractivity contribution in [2.75, 3.05) is 0 Å². The first-order valence-electron chi connectivity index (χ1n) is 4.56. The van der Waals surface area contributed by atoms with Crippen LogP contribution >= 0.6 is 0 Å². The van der Waals surface area contributed by atoms with Crippen molar-refractivity contribution in [2.45, 2.75) is 6.92 Å². The average molecular weight is 220 g/mol. The lowest BCUT2D eigenvalue weighted by Crippen LogP contribution is -2.12. The van der Waals surface area contributed by atoms with Crippen molar-refractivity contribution in [1.29, 1.82) is 0 Å². The van der Waals surface area contributed by atoms with E-state index in [0.717, 1.165) is 0 Å². The van der Waals surface area contributed by atoms with Crippen molar-refractivity contribution in [3.63, 3.8) is 0 Å². The van der Waals surface area contributed by atoms with E-state index in [1.165, 1.54) is 6.07 Å². The molecule has 1 amide bonds. The Morgan fingerprint density at radius 2 is 2.19 bits per heavy atom. The minimum absolute atomic E-state index is 0.00301. The smallest absolute Gasteiger partial charge is 0.271 e. The number of hydrogen-bond donors (Lipinski definition) is 2. The second kappa shape index (κ2) is 3.73. The van der Waals surface area contributed by atoms with E-state index in [9.17, 15) is 9.18 Å². The zero-order valence-corrected chi connectivity index (χ0v) is 8.49. The zero-order valence-electron chi connectivity index (χ0n) is 8.49. The predicted molar refractivity (Wildman–Crippen MR) is 55.0 cm³/mol. The molecule has 0 spiro atoms. The molecule has 0 saturated carbocycles. The van der Waals surface area contributed by atoms with E-state index in [1.807, 2.05) is 0 Å². The number of primary amides is 1. The van der Waals surface area contributed by atoms with Gasteiger partial charge in [-0.2, -0.15) is 15.4 Å². The van der Waals surface area contributed by atoms with E-state index < -0.39 is 5.91 Å². The number of carbonyl (C=O) groups is 1. The predicted octanol–water partition coefficient (Wildman–Crippen LogP) is 1.02. The molecule has 6 heteroatoms. The van der Waals surface area contributed by atoms with Gasteiger partial charge in [-0.3, -0.25) is 4.79 Å². The third kappa shape index (κ3) is 1.65. The Balaban J connectivity index is 2.54. The summed E-state index contributed by atoms with van der Waals surface area (Å²) in [6.45, 7) is 1.65. The van der Waals surface area contributed by atoms with Crippen LogP contribution in [0.2, 0.25) is 0 Å². The number of amides is 1. The van der Waals surface area contributed by atoms with Crippen molar-refractivity contribution in [3.05, 3.63) is 35.3 Å². The Labute approximate surface area is 90.5 Å². The van der Waals surface area contributed by atoms with Gasteiger partial charge in [-0.05, 0) is 18.6 Å². The molecule has 1 aromatic heterocycles. The molecular formula is C10H9FN4O. The van der Waals surface area contributed by atoms with E-state index >= 15 is 0 Å². The van der Waals surface area contributed by atoms with E-state index in [1.54, 1.807) is 19.1 Å². The highest BCUT2D eigenvalue weighted by atomic mass is 19.1. The summed E-state index contributed by atoms with van der Waals surface area (Å²) in [5.41, 5.74) is 6.35. The van der Waals surface area contributed by atoms with Crippen molar-refractivity contribution < 1.29 is 9.18 Å². The van der Waals surface area contributed by atoms with Gasteiger partial charge in [-0.15, -0.1) is 0 Å². The molecule has 0 radical (unpaired) electrons. The second-order valence-corrected chi connectivity index (χ2v) is 3.35. The average Bonchev–Trinajstić information content (AvgIpc) is 2.71. The van der Waals surface area contributed by atoms with Gasteiger partial charge in [0.2, 0.25) is 0 Å². The molecule has 0 fully saturated rings. The van der Waals surface area contributed by atoms with Crippen molar-refractivity contribution >= 4 is 5.91 Å². The number of aryl methyl sites for hydroxylation is 1. The first kappa shape index (κ1) is 10.3. The Bertz CT molecular complexity index is 550. The fourth-order valence-corrected chi connectivity index (χ4v) is 1.34. The van der Waals surface area contributed by atoms with Gasteiger partial charge >= 0.3 is 0 Å². The number of carbonyl (C=O) groups excluding carboxylic acids is 1. The van der Waals surface area contributed by atoms with Crippen LogP contribution in [0.25, 0.3) is 11.3 Å². The molecule has 0 saturated heterocycles. The van der Waals surface area contributed by atoms with Gasteiger partial charge in [-0.1, -0.05) is 12.1 Å². The van der Waals surface area contributed by atoms with Gasteiger partial charge in [0.05, 0.1) is 0 Å². The molecule has 2 rings (SSSR count). The Morgan fingerprint density at radius 3 is 2.81 bits per heavy atom. The number of H-pyrrole nitrogens is 1. The van der Waals surface area contributed by atoms with E-state index in [2.05, 4.69) is 15.4 Å². The van der Waals surface area contributed by atoms with Gasteiger partial charge in [-0.25, -0.2) is 4.39 Å².